The Hall–Kier alpha value is 0.1000. The van der Waals surface area contributed by atoms with E-state index >= 15 is 0 Å². The molecule has 2 nitrogen and oxygen atoms in total. The van der Waals surface area contributed by atoms with Gasteiger partial charge in [0.15, 0.2) is 0 Å². The molecule has 4 heteroatoms. The van der Waals surface area contributed by atoms with E-state index in [-0.39, 0.29) is 0 Å². The lowest BCUT2D eigenvalue weighted by Gasteiger charge is -2.33. The molecule has 3 atom stereocenters. The molecule has 0 saturated carbocycles. The van der Waals surface area contributed by atoms with Crippen LogP contribution in [0.3, 0.4) is 0 Å². The van der Waals surface area contributed by atoms with E-state index in [1.54, 1.807) is 0 Å². The summed E-state index contributed by atoms with van der Waals surface area (Å²) in [7, 11) is 0. The van der Waals surface area contributed by atoms with E-state index in [2.05, 4.69) is 44.5 Å². The predicted molar refractivity (Wildman–Crippen MR) is 81.2 cm³/mol. The van der Waals surface area contributed by atoms with E-state index in [1.165, 1.54) is 48.1 Å². The van der Waals surface area contributed by atoms with Crippen molar-refractivity contribution in [3.8, 4) is 0 Å². The van der Waals surface area contributed by atoms with Gasteiger partial charge in [-0.25, -0.2) is 0 Å². The summed E-state index contributed by atoms with van der Waals surface area (Å²) in [5.74, 6) is 0. The maximum absolute atomic E-state index is 3.69. The maximum atomic E-state index is 3.69. The number of hydrogen-bond acceptors (Lipinski definition) is 3. The van der Waals surface area contributed by atoms with Crippen molar-refractivity contribution in [3.05, 3.63) is 20.8 Å². The van der Waals surface area contributed by atoms with E-state index in [4.69, 9.17) is 0 Å². The molecule has 1 aromatic heterocycles. The van der Waals surface area contributed by atoms with Crippen LogP contribution in [-0.4, -0.2) is 30.1 Å². The van der Waals surface area contributed by atoms with Crippen molar-refractivity contribution in [2.24, 2.45) is 0 Å². The second-order valence-corrected chi connectivity index (χ2v) is 7.35. The Morgan fingerprint density at radius 3 is 3.00 bits per heavy atom. The van der Waals surface area contributed by atoms with E-state index in [0.29, 0.717) is 6.04 Å². The fraction of sp³-hybridized carbons (Fsp3) is 0.714. The SMILES string of the molecule is CC(c1cc(Br)cs1)N1CCCC1C1CCCN1. The van der Waals surface area contributed by atoms with Gasteiger partial charge in [0.2, 0.25) is 0 Å². The van der Waals surface area contributed by atoms with Crippen LogP contribution in [-0.2, 0) is 0 Å². The molecule has 0 amide bonds. The van der Waals surface area contributed by atoms with Gasteiger partial charge in [0.25, 0.3) is 0 Å². The molecule has 0 aromatic carbocycles. The third-order valence-electron chi connectivity index (χ3n) is 4.40. The average molecular weight is 329 g/mol. The van der Waals surface area contributed by atoms with Crippen LogP contribution >= 0.6 is 27.3 Å². The zero-order valence-corrected chi connectivity index (χ0v) is 13.3. The third kappa shape index (κ3) is 2.53. The van der Waals surface area contributed by atoms with Crippen molar-refractivity contribution in [1.82, 2.24) is 10.2 Å². The van der Waals surface area contributed by atoms with Gasteiger partial charge >= 0.3 is 0 Å². The lowest BCUT2D eigenvalue weighted by Crippen LogP contribution is -2.44. The summed E-state index contributed by atoms with van der Waals surface area (Å²) in [6.07, 6.45) is 5.45. The van der Waals surface area contributed by atoms with Crippen LogP contribution in [0.5, 0.6) is 0 Å². The minimum atomic E-state index is 0.566. The topological polar surface area (TPSA) is 15.3 Å². The molecule has 0 radical (unpaired) electrons. The first-order valence-corrected chi connectivity index (χ1v) is 8.66. The molecule has 2 aliphatic rings. The van der Waals surface area contributed by atoms with Gasteiger partial charge in [-0.05, 0) is 67.7 Å². The molecule has 0 aliphatic carbocycles. The van der Waals surface area contributed by atoms with E-state index in [9.17, 15) is 0 Å². The number of likely N-dealkylation sites (tertiary alicyclic amines) is 1. The van der Waals surface area contributed by atoms with Crippen molar-refractivity contribution in [2.45, 2.75) is 50.7 Å². The van der Waals surface area contributed by atoms with Crippen molar-refractivity contribution in [3.63, 3.8) is 0 Å². The summed E-state index contributed by atoms with van der Waals surface area (Å²) >= 11 is 5.45. The Labute approximate surface area is 122 Å². The first-order chi connectivity index (χ1) is 8.75. The summed E-state index contributed by atoms with van der Waals surface area (Å²) in [6, 6.07) is 4.34. The van der Waals surface area contributed by atoms with Crippen LogP contribution in [0, 0.1) is 0 Å². The monoisotopic (exact) mass is 328 g/mol. The Balaban J connectivity index is 1.73. The smallest absolute Gasteiger partial charge is 0.0417 e. The van der Waals surface area contributed by atoms with Crippen LogP contribution in [0.15, 0.2) is 15.9 Å². The molecule has 2 aliphatic heterocycles. The summed E-state index contributed by atoms with van der Waals surface area (Å²) in [5.41, 5.74) is 0. The summed E-state index contributed by atoms with van der Waals surface area (Å²) in [6.45, 7) is 4.85. The second kappa shape index (κ2) is 5.61. The van der Waals surface area contributed by atoms with Crippen molar-refractivity contribution >= 4 is 27.3 Å². The quantitative estimate of drug-likeness (QED) is 0.908. The fourth-order valence-corrected chi connectivity index (χ4v) is 5.00. The number of rotatable bonds is 3. The highest BCUT2D eigenvalue weighted by Crippen LogP contribution is 2.35. The molecule has 0 bridgehead atoms. The van der Waals surface area contributed by atoms with Gasteiger partial charge in [-0.1, -0.05) is 0 Å². The lowest BCUT2D eigenvalue weighted by atomic mass is 10.0. The molecule has 3 unspecified atom stereocenters. The fourth-order valence-electron chi connectivity index (χ4n) is 3.48. The number of nitrogens with zero attached hydrogens (tertiary/aromatic N) is 1. The van der Waals surface area contributed by atoms with Crippen molar-refractivity contribution in [2.75, 3.05) is 13.1 Å². The molecule has 1 aromatic rings. The van der Waals surface area contributed by atoms with Crippen LogP contribution in [0.4, 0.5) is 0 Å². The first kappa shape index (κ1) is 13.1. The van der Waals surface area contributed by atoms with E-state index < -0.39 is 0 Å². The zero-order chi connectivity index (χ0) is 12.5. The van der Waals surface area contributed by atoms with Crippen LogP contribution < -0.4 is 5.32 Å². The Bertz CT molecular complexity index is 400. The van der Waals surface area contributed by atoms with Crippen LogP contribution in [0.1, 0.15) is 43.5 Å². The first-order valence-electron chi connectivity index (χ1n) is 6.99. The van der Waals surface area contributed by atoms with E-state index in [1.807, 2.05) is 11.3 Å². The molecular weight excluding hydrogens is 308 g/mol. The zero-order valence-electron chi connectivity index (χ0n) is 10.9. The Morgan fingerprint density at radius 2 is 2.33 bits per heavy atom. The Morgan fingerprint density at radius 1 is 1.44 bits per heavy atom. The van der Waals surface area contributed by atoms with Crippen LogP contribution in [0.2, 0.25) is 0 Å². The minimum absolute atomic E-state index is 0.566. The van der Waals surface area contributed by atoms with Crippen LogP contribution in [0.25, 0.3) is 0 Å². The second-order valence-electron chi connectivity index (χ2n) is 5.49. The molecule has 3 rings (SSSR count). The minimum Gasteiger partial charge on any atom is -0.312 e. The lowest BCUT2D eigenvalue weighted by molar-refractivity contribution is 0.165. The maximum Gasteiger partial charge on any atom is 0.0417 e. The van der Waals surface area contributed by atoms with Gasteiger partial charge in [0, 0.05) is 32.9 Å². The molecule has 0 spiro atoms. The largest absolute Gasteiger partial charge is 0.312 e. The van der Waals surface area contributed by atoms with Gasteiger partial charge in [0.1, 0.15) is 0 Å². The normalized spacial score (nSPS) is 31.0. The number of nitrogens with one attached hydrogen (secondary N) is 1. The van der Waals surface area contributed by atoms with E-state index in [0.717, 1.165) is 12.1 Å². The molecule has 1 N–H and O–H groups in total. The molecule has 100 valence electrons. The number of hydrogen-bond donors (Lipinski definition) is 1. The van der Waals surface area contributed by atoms with Gasteiger partial charge in [-0.2, -0.15) is 0 Å². The average Bonchev–Trinajstić information content (AvgIpc) is 3.08. The predicted octanol–water partition coefficient (Wildman–Crippen LogP) is 3.79. The third-order valence-corrected chi connectivity index (χ3v) is 6.27. The summed E-state index contributed by atoms with van der Waals surface area (Å²) in [5, 5.41) is 5.89. The number of thiophene rings is 1. The molecule has 2 fully saturated rings. The van der Waals surface area contributed by atoms with Gasteiger partial charge in [0.05, 0.1) is 0 Å². The molecule has 3 heterocycles. The van der Waals surface area contributed by atoms with Crippen molar-refractivity contribution < 1.29 is 0 Å². The van der Waals surface area contributed by atoms with Gasteiger partial charge in [-0.15, -0.1) is 11.3 Å². The highest BCUT2D eigenvalue weighted by molar-refractivity contribution is 9.10. The number of halogens is 1. The highest BCUT2D eigenvalue weighted by Gasteiger charge is 2.36. The standard InChI is InChI=1S/C14H21BrN2S/c1-10(14-8-11(15)9-18-14)17-7-3-5-13(17)12-4-2-6-16-12/h8-10,12-13,16H,2-7H2,1H3. The summed E-state index contributed by atoms with van der Waals surface area (Å²) in [4.78, 5) is 4.22. The van der Waals surface area contributed by atoms with Gasteiger partial charge < -0.3 is 5.32 Å². The molecule has 2 saturated heterocycles. The molecular formula is C14H21BrN2S. The van der Waals surface area contributed by atoms with Crippen molar-refractivity contribution in [1.29, 1.82) is 0 Å². The van der Waals surface area contributed by atoms with Gasteiger partial charge in [-0.3, -0.25) is 4.90 Å². The summed E-state index contributed by atoms with van der Waals surface area (Å²) < 4.78 is 1.23. The Kier molecular flexibility index (Phi) is 4.09. The highest BCUT2D eigenvalue weighted by atomic mass is 79.9. The molecule has 18 heavy (non-hydrogen) atoms.